The molecule has 0 unspecified atom stereocenters. The van der Waals surface area contributed by atoms with Gasteiger partial charge in [0.05, 0.1) is 6.33 Å². The molecule has 6 nitrogen and oxygen atoms in total. The van der Waals surface area contributed by atoms with E-state index in [9.17, 15) is 4.79 Å². The molecule has 1 fully saturated rings. The van der Waals surface area contributed by atoms with Crippen molar-refractivity contribution in [3.63, 3.8) is 0 Å². The lowest BCUT2D eigenvalue weighted by Crippen LogP contribution is -2.29. The van der Waals surface area contributed by atoms with E-state index >= 15 is 0 Å². The summed E-state index contributed by atoms with van der Waals surface area (Å²) in [6, 6.07) is 1.90. The highest BCUT2D eigenvalue weighted by molar-refractivity contribution is 5.76. The molecule has 0 radical (unpaired) electrons. The van der Waals surface area contributed by atoms with E-state index in [0.717, 1.165) is 31.0 Å². The molecule has 2 aromatic rings. The van der Waals surface area contributed by atoms with Gasteiger partial charge in [0, 0.05) is 56.3 Å². The van der Waals surface area contributed by atoms with Gasteiger partial charge in [-0.25, -0.2) is 15.0 Å². The van der Waals surface area contributed by atoms with Crippen molar-refractivity contribution in [2.75, 3.05) is 13.1 Å². The van der Waals surface area contributed by atoms with Crippen LogP contribution in [-0.4, -0.2) is 43.4 Å². The van der Waals surface area contributed by atoms with Gasteiger partial charge >= 0.3 is 0 Å². The van der Waals surface area contributed by atoms with E-state index in [1.807, 2.05) is 28.7 Å². The second kappa shape index (κ2) is 6.03. The van der Waals surface area contributed by atoms with E-state index in [4.69, 9.17) is 0 Å². The molecule has 1 amide bonds. The van der Waals surface area contributed by atoms with E-state index in [-0.39, 0.29) is 11.8 Å². The number of amides is 1. The number of hydrogen-bond donors (Lipinski definition) is 0. The van der Waals surface area contributed by atoms with Gasteiger partial charge in [-0.2, -0.15) is 0 Å². The minimum Gasteiger partial charge on any atom is -0.342 e. The Morgan fingerprint density at radius 2 is 2.33 bits per heavy atom. The van der Waals surface area contributed by atoms with Crippen LogP contribution in [0.2, 0.25) is 0 Å². The van der Waals surface area contributed by atoms with Crippen molar-refractivity contribution in [1.82, 2.24) is 24.4 Å². The monoisotopic (exact) mass is 285 g/mol. The van der Waals surface area contributed by atoms with Crippen LogP contribution < -0.4 is 0 Å². The lowest BCUT2D eigenvalue weighted by molar-refractivity contribution is -0.130. The molecule has 0 aromatic carbocycles. The maximum Gasteiger partial charge on any atom is 0.224 e. The molecule has 110 valence electrons. The Morgan fingerprint density at radius 1 is 1.43 bits per heavy atom. The van der Waals surface area contributed by atoms with Gasteiger partial charge in [-0.3, -0.25) is 4.79 Å². The van der Waals surface area contributed by atoms with E-state index in [1.165, 1.54) is 0 Å². The number of carbonyl (C=O) groups excluding carboxylic acids is 1. The molecule has 2 aromatic heterocycles. The van der Waals surface area contributed by atoms with Crippen LogP contribution in [0.3, 0.4) is 0 Å². The fourth-order valence-corrected chi connectivity index (χ4v) is 2.66. The number of likely N-dealkylation sites (tertiary alicyclic amines) is 1. The molecule has 1 aliphatic rings. The van der Waals surface area contributed by atoms with Gasteiger partial charge in [0.1, 0.15) is 5.82 Å². The third-order valence-electron chi connectivity index (χ3n) is 3.86. The number of aromatic nitrogens is 4. The third kappa shape index (κ3) is 3.26. The SMILES string of the molecule is Cc1ccnc([C@H]2CCN(C(=O)CCn3ccnc3)C2)n1. The Kier molecular flexibility index (Phi) is 3.94. The molecular weight excluding hydrogens is 266 g/mol. The molecule has 6 heteroatoms. The summed E-state index contributed by atoms with van der Waals surface area (Å²) in [5.41, 5.74) is 0.977. The van der Waals surface area contributed by atoms with Crippen molar-refractivity contribution in [2.24, 2.45) is 0 Å². The zero-order valence-corrected chi connectivity index (χ0v) is 12.1. The van der Waals surface area contributed by atoms with Crippen molar-refractivity contribution >= 4 is 5.91 Å². The van der Waals surface area contributed by atoms with E-state index in [1.54, 1.807) is 18.7 Å². The summed E-state index contributed by atoms with van der Waals surface area (Å²) in [6.07, 6.45) is 8.59. The van der Waals surface area contributed by atoms with Gasteiger partial charge in [-0.1, -0.05) is 0 Å². The van der Waals surface area contributed by atoms with Crippen LogP contribution in [0, 0.1) is 6.92 Å². The summed E-state index contributed by atoms with van der Waals surface area (Å²) in [5.74, 6) is 1.32. The van der Waals surface area contributed by atoms with Crippen LogP contribution in [0.25, 0.3) is 0 Å². The third-order valence-corrected chi connectivity index (χ3v) is 3.86. The number of aryl methyl sites for hydroxylation is 2. The fraction of sp³-hybridized carbons (Fsp3) is 0.467. The smallest absolute Gasteiger partial charge is 0.224 e. The molecule has 1 aliphatic heterocycles. The summed E-state index contributed by atoms with van der Waals surface area (Å²) < 4.78 is 1.93. The van der Waals surface area contributed by atoms with E-state index in [2.05, 4.69) is 15.0 Å². The Balaban J connectivity index is 1.55. The van der Waals surface area contributed by atoms with Gasteiger partial charge < -0.3 is 9.47 Å². The standard InChI is InChI=1S/C15H19N5O/c1-12-2-5-17-15(18-12)13-3-8-20(10-13)14(21)4-7-19-9-6-16-11-19/h2,5-6,9,11,13H,3-4,7-8,10H2,1H3/t13-/m0/s1. The fourth-order valence-electron chi connectivity index (χ4n) is 2.66. The molecule has 0 N–H and O–H groups in total. The molecule has 3 heterocycles. The average Bonchev–Trinajstić information content (AvgIpc) is 3.16. The highest BCUT2D eigenvalue weighted by atomic mass is 16.2. The van der Waals surface area contributed by atoms with Crippen LogP contribution >= 0.6 is 0 Å². The minimum atomic E-state index is 0.193. The van der Waals surface area contributed by atoms with Gasteiger partial charge in [-0.05, 0) is 19.4 Å². The van der Waals surface area contributed by atoms with Crippen LogP contribution in [0.4, 0.5) is 0 Å². The molecule has 21 heavy (non-hydrogen) atoms. The Morgan fingerprint density at radius 3 is 3.10 bits per heavy atom. The first kappa shape index (κ1) is 13.7. The maximum atomic E-state index is 12.2. The van der Waals surface area contributed by atoms with Gasteiger partial charge in [0.15, 0.2) is 0 Å². The number of imidazole rings is 1. The summed E-state index contributed by atoms with van der Waals surface area (Å²) in [5, 5.41) is 0. The second-order valence-electron chi connectivity index (χ2n) is 5.43. The highest BCUT2D eigenvalue weighted by Gasteiger charge is 2.28. The topological polar surface area (TPSA) is 63.9 Å². The first-order valence-electron chi connectivity index (χ1n) is 7.25. The predicted octanol–water partition coefficient (Wildman–Crippen LogP) is 1.39. The average molecular weight is 285 g/mol. The quantitative estimate of drug-likeness (QED) is 0.851. The van der Waals surface area contributed by atoms with Crippen LogP contribution in [-0.2, 0) is 11.3 Å². The van der Waals surface area contributed by atoms with Crippen molar-refractivity contribution in [2.45, 2.75) is 32.2 Å². The van der Waals surface area contributed by atoms with Crippen LogP contribution in [0.5, 0.6) is 0 Å². The van der Waals surface area contributed by atoms with E-state index < -0.39 is 0 Å². The van der Waals surface area contributed by atoms with Crippen molar-refractivity contribution in [3.05, 3.63) is 42.5 Å². The lowest BCUT2D eigenvalue weighted by Gasteiger charge is -2.16. The summed E-state index contributed by atoms with van der Waals surface area (Å²) >= 11 is 0. The first-order valence-corrected chi connectivity index (χ1v) is 7.25. The molecule has 3 rings (SSSR count). The largest absolute Gasteiger partial charge is 0.342 e. The minimum absolute atomic E-state index is 0.193. The highest BCUT2D eigenvalue weighted by Crippen LogP contribution is 2.25. The van der Waals surface area contributed by atoms with Crippen molar-refractivity contribution in [3.8, 4) is 0 Å². The van der Waals surface area contributed by atoms with Crippen LogP contribution in [0.1, 0.15) is 30.3 Å². The molecule has 1 atom stereocenters. The Hall–Kier alpha value is -2.24. The summed E-state index contributed by atoms with van der Waals surface area (Å²) in [7, 11) is 0. The van der Waals surface area contributed by atoms with Gasteiger partial charge in [0.25, 0.3) is 0 Å². The van der Waals surface area contributed by atoms with E-state index in [0.29, 0.717) is 13.0 Å². The summed E-state index contributed by atoms with van der Waals surface area (Å²) in [4.78, 5) is 27.0. The van der Waals surface area contributed by atoms with Gasteiger partial charge in [0.2, 0.25) is 5.91 Å². The van der Waals surface area contributed by atoms with Gasteiger partial charge in [-0.15, -0.1) is 0 Å². The molecule has 0 aliphatic carbocycles. The lowest BCUT2D eigenvalue weighted by atomic mass is 10.1. The zero-order chi connectivity index (χ0) is 14.7. The molecule has 0 saturated carbocycles. The Labute approximate surface area is 123 Å². The van der Waals surface area contributed by atoms with Crippen molar-refractivity contribution < 1.29 is 4.79 Å². The summed E-state index contributed by atoms with van der Waals surface area (Å²) in [6.45, 7) is 4.17. The number of nitrogens with zero attached hydrogens (tertiary/aromatic N) is 5. The number of rotatable bonds is 4. The first-order chi connectivity index (χ1) is 10.2. The molecular formula is C15H19N5O. The number of carbonyl (C=O) groups is 1. The van der Waals surface area contributed by atoms with Crippen LogP contribution in [0.15, 0.2) is 31.0 Å². The molecule has 0 spiro atoms. The van der Waals surface area contributed by atoms with Crippen molar-refractivity contribution in [1.29, 1.82) is 0 Å². The zero-order valence-electron chi connectivity index (χ0n) is 12.1. The normalized spacial score (nSPS) is 18.1. The maximum absolute atomic E-state index is 12.2. The second-order valence-corrected chi connectivity index (χ2v) is 5.43. The number of hydrogen-bond acceptors (Lipinski definition) is 4. The predicted molar refractivity (Wildman–Crippen MR) is 77.6 cm³/mol. The molecule has 0 bridgehead atoms. The molecule has 1 saturated heterocycles. The Bertz CT molecular complexity index is 610.